The van der Waals surface area contributed by atoms with Crippen molar-refractivity contribution in [3.8, 4) is 23.3 Å². The van der Waals surface area contributed by atoms with Crippen LogP contribution in [0, 0.1) is 11.8 Å². The van der Waals surface area contributed by atoms with Crippen LogP contribution in [0.15, 0.2) is 41.1 Å². The third-order valence-corrected chi connectivity index (χ3v) is 3.30. The van der Waals surface area contributed by atoms with E-state index >= 15 is 0 Å². The highest BCUT2D eigenvalue weighted by atomic mass is 32.1. The minimum absolute atomic E-state index is 0.115. The summed E-state index contributed by atoms with van der Waals surface area (Å²) in [6.07, 6.45) is 0. The number of carbonyl (C=O) groups is 1. The molecule has 5 heteroatoms. The number of nitrogens with one attached hydrogen (secondary N) is 1. The van der Waals surface area contributed by atoms with Crippen LogP contribution < -0.4 is 14.8 Å². The SMILES string of the molecule is COc1ccccc1OCC#CCNC(=O)c1ccsc1. The maximum Gasteiger partial charge on any atom is 0.252 e. The van der Waals surface area contributed by atoms with E-state index in [0.29, 0.717) is 23.6 Å². The summed E-state index contributed by atoms with van der Waals surface area (Å²) in [6, 6.07) is 9.16. The Morgan fingerprint density at radius 2 is 2.05 bits per heavy atom. The largest absolute Gasteiger partial charge is 0.493 e. The van der Waals surface area contributed by atoms with Gasteiger partial charge in [0.05, 0.1) is 19.2 Å². The summed E-state index contributed by atoms with van der Waals surface area (Å²) in [5, 5.41) is 6.38. The lowest BCUT2D eigenvalue weighted by Crippen LogP contribution is -2.23. The maximum absolute atomic E-state index is 11.6. The van der Waals surface area contributed by atoms with Crippen LogP contribution in [-0.2, 0) is 0 Å². The zero-order valence-corrected chi connectivity index (χ0v) is 12.4. The van der Waals surface area contributed by atoms with E-state index in [1.54, 1.807) is 18.6 Å². The Bertz CT molecular complexity index is 641. The van der Waals surface area contributed by atoms with Gasteiger partial charge in [-0.3, -0.25) is 4.79 Å². The summed E-state index contributed by atoms with van der Waals surface area (Å²) in [6.45, 7) is 0.540. The van der Waals surface area contributed by atoms with Crippen LogP contribution in [0.1, 0.15) is 10.4 Å². The molecular formula is C16H15NO3S. The van der Waals surface area contributed by atoms with Crippen molar-refractivity contribution in [2.24, 2.45) is 0 Å². The number of benzene rings is 1. The number of thiophene rings is 1. The lowest BCUT2D eigenvalue weighted by molar-refractivity contribution is 0.0959. The summed E-state index contributed by atoms with van der Waals surface area (Å²) in [5.41, 5.74) is 0.659. The number of rotatable bonds is 5. The first-order chi connectivity index (χ1) is 10.3. The highest BCUT2D eigenvalue weighted by Crippen LogP contribution is 2.25. The van der Waals surface area contributed by atoms with E-state index in [2.05, 4.69) is 17.2 Å². The molecule has 1 aromatic heterocycles. The number of methoxy groups -OCH3 is 1. The van der Waals surface area contributed by atoms with Crippen molar-refractivity contribution in [3.63, 3.8) is 0 Å². The molecule has 108 valence electrons. The Labute approximate surface area is 127 Å². The van der Waals surface area contributed by atoms with Gasteiger partial charge < -0.3 is 14.8 Å². The molecule has 2 rings (SSSR count). The quantitative estimate of drug-likeness (QED) is 0.864. The molecule has 0 saturated heterocycles. The van der Waals surface area contributed by atoms with Gasteiger partial charge in [-0.25, -0.2) is 0 Å². The van der Waals surface area contributed by atoms with Crippen LogP contribution >= 0.6 is 11.3 Å². The lowest BCUT2D eigenvalue weighted by atomic mass is 10.3. The highest BCUT2D eigenvalue weighted by Gasteiger charge is 2.03. The highest BCUT2D eigenvalue weighted by molar-refractivity contribution is 7.08. The van der Waals surface area contributed by atoms with Gasteiger partial charge in [-0.1, -0.05) is 24.0 Å². The summed E-state index contributed by atoms with van der Waals surface area (Å²) in [7, 11) is 1.59. The molecule has 0 fully saturated rings. The smallest absolute Gasteiger partial charge is 0.252 e. The van der Waals surface area contributed by atoms with E-state index in [-0.39, 0.29) is 12.5 Å². The molecule has 0 aliphatic heterocycles. The minimum atomic E-state index is -0.115. The third kappa shape index (κ3) is 4.55. The van der Waals surface area contributed by atoms with Crippen LogP contribution in [0.25, 0.3) is 0 Å². The number of ether oxygens (including phenoxy) is 2. The van der Waals surface area contributed by atoms with Crippen molar-refractivity contribution in [2.75, 3.05) is 20.3 Å². The van der Waals surface area contributed by atoms with Crippen LogP contribution in [0.2, 0.25) is 0 Å². The maximum atomic E-state index is 11.6. The number of hydrogen-bond acceptors (Lipinski definition) is 4. The second-order valence-electron chi connectivity index (χ2n) is 3.99. The van der Waals surface area contributed by atoms with Crippen LogP contribution in [-0.4, -0.2) is 26.2 Å². The number of carbonyl (C=O) groups excluding carboxylic acids is 1. The molecule has 0 radical (unpaired) electrons. The Balaban J connectivity index is 1.73. The van der Waals surface area contributed by atoms with E-state index in [4.69, 9.17) is 9.47 Å². The van der Waals surface area contributed by atoms with Gasteiger partial charge in [0, 0.05) is 5.38 Å². The zero-order chi connectivity index (χ0) is 14.9. The molecule has 0 aliphatic rings. The molecule has 1 heterocycles. The second kappa shape index (κ2) is 7.98. The molecule has 0 atom stereocenters. The van der Waals surface area contributed by atoms with Crippen molar-refractivity contribution in [1.29, 1.82) is 0 Å². The van der Waals surface area contributed by atoms with Crippen LogP contribution in [0.4, 0.5) is 0 Å². The monoisotopic (exact) mass is 301 g/mol. The average molecular weight is 301 g/mol. The van der Waals surface area contributed by atoms with Gasteiger partial charge in [-0.05, 0) is 23.6 Å². The fourth-order valence-corrected chi connectivity index (χ4v) is 2.22. The molecule has 0 spiro atoms. The molecule has 21 heavy (non-hydrogen) atoms. The van der Waals surface area contributed by atoms with Gasteiger partial charge in [0.1, 0.15) is 6.61 Å². The molecule has 4 nitrogen and oxygen atoms in total. The first-order valence-corrected chi connectivity index (χ1v) is 7.27. The van der Waals surface area contributed by atoms with E-state index in [9.17, 15) is 4.79 Å². The number of amides is 1. The van der Waals surface area contributed by atoms with Crippen molar-refractivity contribution >= 4 is 17.2 Å². The van der Waals surface area contributed by atoms with E-state index in [1.165, 1.54) is 11.3 Å². The topological polar surface area (TPSA) is 47.6 Å². The summed E-state index contributed by atoms with van der Waals surface area (Å²) >= 11 is 1.49. The van der Waals surface area contributed by atoms with E-state index < -0.39 is 0 Å². The predicted octanol–water partition coefficient (Wildman–Crippen LogP) is 2.57. The molecule has 1 amide bonds. The Morgan fingerprint density at radius 3 is 2.76 bits per heavy atom. The van der Waals surface area contributed by atoms with Gasteiger partial charge in [0.15, 0.2) is 11.5 Å². The predicted molar refractivity (Wildman–Crippen MR) is 82.9 cm³/mol. The molecule has 0 saturated carbocycles. The molecule has 0 unspecified atom stereocenters. The Kier molecular flexibility index (Phi) is 5.68. The standard InChI is InChI=1S/C16H15NO3S/c1-19-14-6-2-3-7-15(14)20-10-5-4-9-17-16(18)13-8-11-21-12-13/h2-3,6-8,11-12H,9-10H2,1H3,(H,17,18). The van der Waals surface area contributed by atoms with Crippen molar-refractivity contribution in [1.82, 2.24) is 5.32 Å². The fourth-order valence-electron chi connectivity index (χ4n) is 1.59. The average Bonchev–Trinajstić information content (AvgIpc) is 3.05. The third-order valence-electron chi connectivity index (χ3n) is 2.61. The van der Waals surface area contributed by atoms with Crippen LogP contribution in [0.3, 0.4) is 0 Å². The normalized spacial score (nSPS) is 9.38. The van der Waals surface area contributed by atoms with Crippen molar-refractivity contribution < 1.29 is 14.3 Å². The van der Waals surface area contributed by atoms with Crippen LogP contribution in [0.5, 0.6) is 11.5 Å². The lowest BCUT2D eigenvalue weighted by Gasteiger charge is -2.07. The second-order valence-corrected chi connectivity index (χ2v) is 4.77. The first-order valence-electron chi connectivity index (χ1n) is 6.33. The molecule has 2 aromatic rings. The van der Waals surface area contributed by atoms with Gasteiger partial charge in [0.25, 0.3) is 5.91 Å². The van der Waals surface area contributed by atoms with E-state index in [1.807, 2.05) is 29.6 Å². The van der Waals surface area contributed by atoms with E-state index in [0.717, 1.165) is 0 Å². The molecule has 1 N–H and O–H groups in total. The number of para-hydroxylation sites is 2. The summed E-state index contributed by atoms with van der Waals surface area (Å²) in [5.74, 6) is 6.89. The van der Waals surface area contributed by atoms with Gasteiger partial charge in [0.2, 0.25) is 0 Å². The fraction of sp³-hybridized carbons (Fsp3) is 0.188. The minimum Gasteiger partial charge on any atom is -0.493 e. The Hall–Kier alpha value is -2.45. The van der Waals surface area contributed by atoms with Crippen molar-refractivity contribution in [2.45, 2.75) is 0 Å². The molecule has 1 aromatic carbocycles. The van der Waals surface area contributed by atoms with Gasteiger partial charge >= 0.3 is 0 Å². The molecule has 0 aliphatic carbocycles. The number of hydrogen-bond donors (Lipinski definition) is 1. The molecular weight excluding hydrogens is 286 g/mol. The van der Waals surface area contributed by atoms with Crippen molar-refractivity contribution in [3.05, 3.63) is 46.7 Å². The summed E-state index contributed by atoms with van der Waals surface area (Å²) in [4.78, 5) is 11.6. The first kappa shape index (κ1) is 14.9. The molecule has 0 bridgehead atoms. The van der Waals surface area contributed by atoms with Gasteiger partial charge in [-0.2, -0.15) is 11.3 Å². The zero-order valence-electron chi connectivity index (χ0n) is 11.6. The summed E-state index contributed by atoms with van der Waals surface area (Å²) < 4.78 is 10.7. The van der Waals surface area contributed by atoms with Gasteiger partial charge in [-0.15, -0.1) is 0 Å². The Morgan fingerprint density at radius 1 is 1.24 bits per heavy atom.